The van der Waals surface area contributed by atoms with E-state index in [4.69, 9.17) is 0 Å². The van der Waals surface area contributed by atoms with Crippen molar-refractivity contribution in [3.05, 3.63) is 36.0 Å². The number of nitrogens with one attached hydrogen (secondary N) is 2. The van der Waals surface area contributed by atoms with Crippen LogP contribution in [-0.2, 0) is 16.8 Å². The summed E-state index contributed by atoms with van der Waals surface area (Å²) in [5, 5.41) is 11.5. The molecule has 8 heteroatoms. The van der Waals surface area contributed by atoms with Crippen LogP contribution in [0, 0.1) is 0 Å². The molecule has 0 amide bonds. The number of aliphatic hydroxyl groups excluding tert-OH is 1. The third-order valence-corrected chi connectivity index (χ3v) is 6.03. The van der Waals surface area contributed by atoms with Gasteiger partial charge in [-0.3, -0.25) is 4.90 Å². The van der Waals surface area contributed by atoms with Crippen LogP contribution in [0.4, 0.5) is 0 Å². The molecule has 1 aromatic heterocycles. The lowest BCUT2D eigenvalue weighted by Crippen LogP contribution is -2.55. The third-order valence-electron chi connectivity index (χ3n) is 4.47. The fourth-order valence-corrected chi connectivity index (χ4v) is 3.90. The van der Waals surface area contributed by atoms with Crippen LogP contribution in [0.15, 0.2) is 30.5 Å². The van der Waals surface area contributed by atoms with Crippen LogP contribution in [0.1, 0.15) is 12.0 Å². The first kappa shape index (κ1) is 17.4. The lowest BCUT2D eigenvalue weighted by Gasteiger charge is -2.36. The Kier molecular flexibility index (Phi) is 4.93. The zero-order valence-corrected chi connectivity index (χ0v) is 14.8. The van der Waals surface area contributed by atoms with Crippen LogP contribution < -0.4 is 4.72 Å². The Morgan fingerprint density at radius 3 is 2.88 bits per heavy atom. The molecule has 2 aromatic rings. The molecule has 1 aliphatic heterocycles. The van der Waals surface area contributed by atoms with E-state index < -0.39 is 22.4 Å². The van der Waals surface area contributed by atoms with Gasteiger partial charge in [-0.25, -0.2) is 0 Å². The van der Waals surface area contributed by atoms with E-state index in [9.17, 15) is 13.5 Å². The molecule has 0 saturated carbocycles. The smallest absolute Gasteiger partial charge is 0.279 e. The topological polar surface area (TPSA) is 88.7 Å². The molecule has 0 radical (unpaired) electrons. The van der Waals surface area contributed by atoms with E-state index in [2.05, 4.69) is 32.8 Å². The molecule has 1 aromatic carbocycles. The summed E-state index contributed by atoms with van der Waals surface area (Å²) in [4.78, 5) is 5.32. The summed E-state index contributed by atoms with van der Waals surface area (Å²) in [6.07, 6.45) is 1.78. The van der Waals surface area contributed by atoms with Crippen LogP contribution in [0.2, 0.25) is 0 Å². The lowest BCUT2D eigenvalue weighted by atomic mass is 10.0. The highest BCUT2D eigenvalue weighted by Gasteiger charge is 2.31. The number of piperidine rings is 1. The number of hydrogen-bond acceptors (Lipinski definition) is 4. The second-order valence-electron chi connectivity index (χ2n) is 6.50. The number of likely N-dealkylation sites (tertiary alicyclic amines) is 1. The standard InChI is InChI=1S/C16H24N4O3S/c1-19(2)24(22,23)18-15-6-8-20(11-16(15)21)10-12-3-4-14-13(9-12)5-7-17-14/h3-5,7,9,15-18,21H,6,8,10-11H2,1-2H3/t15-,16-/m1/s1. The predicted molar refractivity (Wildman–Crippen MR) is 93.7 cm³/mol. The van der Waals surface area contributed by atoms with Crippen molar-refractivity contribution in [3.8, 4) is 0 Å². The molecule has 24 heavy (non-hydrogen) atoms. The largest absolute Gasteiger partial charge is 0.390 e. The molecule has 3 rings (SSSR count). The zero-order valence-electron chi connectivity index (χ0n) is 13.9. The molecule has 1 aliphatic rings. The molecule has 3 N–H and O–H groups in total. The highest BCUT2D eigenvalue weighted by Crippen LogP contribution is 2.19. The van der Waals surface area contributed by atoms with Gasteiger partial charge in [0.05, 0.1) is 12.1 Å². The van der Waals surface area contributed by atoms with Gasteiger partial charge in [-0.2, -0.15) is 17.4 Å². The van der Waals surface area contributed by atoms with Gasteiger partial charge in [0.25, 0.3) is 10.2 Å². The van der Waals surface area contributed by atoms with Gasteiger partial charge in [-0.05, 0) is 35.6 Å². The van der Waals surface area contributed by atoms with Crippen molar-refractivity contribution in [2.45, 2.75) is 25.1 Å². The summed E-state index contributed by atoms with van der Waals surface area (Å²) in [7, 11) is -0.577. The number of aromatic amines is 1. The summed E-state index contributed by atoms with van der Waals surface area (Å²) >= 11 is 0. The van der Waals surface area contributed by atoms with Gasteiger partial charge in [0.1, 0.15) is 0 Å². The van der Waals surface area contributed by atoms with Gasteiger partial charge in [-0.15, -0.1) is 0 Å². The van der Waals surface area contributed by atoms with Crippen LogP contribution in [0.5, 0.6) is 0 Å². The second kappa shape index (κ2) is 6.81. The van der Waals surface area contributed by atoms with Crippen molar-refractivity contribution < 1.29 is 13.5 Å². The maximum Gasteiger partial charge on any atom is 0.279 e. The molecule has 2 heterocycles. The van der Waals surface area contributed by atoms with E-state index in [1.54, 1.807) is 0 Å². The van der Waals surface area contributed by atoms with Gasteiger partial charge >= 0.3 is 0 Å². The minimum atomic E-state index is -3.52. The minimum Gasteiger partial charge on any atom is -0.390 e. The molecule has 1 saturated heterocycles. The average Bonchev–Trinajstić information content (AvgIpc) is 2.97. The quantitative estimate of drug-likeness (QED) is 0.731. The Hall–Kier alpha value is -1.45. The summed E-state index contributed by atoms with van der Waals surface area (Å²) in [6, 6.07) is 7.86. The Morgan fingerprint density at radius 1 is 1.38 bits per heavy atom. The molecule has 0 aliphatic carbocycles. The van der Waals surface area contributed by atoms with E-state index in [0.717, 1.165) is 22.9 Å². The molecule has 0 unspecified atom stereocenters. The molecular weight excluding hydrogens is 328 g/mol. The summed E-state index contributed by atoms with van der Waals surface area (Å²) in [5.74, 6) is 0. The van der Waals surface area contributed by atoms with E-state index in [-0.39, 0.29) is 0 Å². The van der Waals surface area contributed by atoms with Crippen LogP contribution in [-0.4, -0.2) is 67.0 Å². The predicted octanol–water partition coefficient (Wildman–Crippen LogP) is 0.499. The van der Waals surface area contributed by atoms with Crippen LogP contribution in [0.25, 0.3) is 10.9 Å². The first-order valence-corrected chi connectivity index (χ1v) is 9.45. The molecule has 132 valence electrons. The van der Waals surface area contributed by atoms with Crippen LogP contribution >= 0.6 is 0 Å². The van der Waals surface area contributed by atoms with Gasteiger partial charge < -0.3 is 10.1 Å². The first-order valence-electron chi connectivity index (χ1n) is 8.01. The monoisotopic (exact) mass is 352 g/mol. The number of β-amino-alcohol motifs (C(OH)–C–C–N with tert-alkyl or cyclic N) is 1. The maximum absolute atomic E-state index is 11.9. The Labute approximate surface area is 142 Å². The third kappa shape index (κ3) is 3.79. The maximum atomic E-state index is 11.9. The van der Waals surface area contributed by atoms with Gasteiger partial charge in [0.2, 0.25) is 0 Å². The van der Waals surface area contributed by atoms with Crippen molar-refractivity contribution in [1.82, 2.24) is 18.9 Å². The normalized spacial score (nSPS) is 23.2. The molecule has 0 spiro atoms. The number of hydrogen-bond donors (Lipinski definition) is 3. The number of fused-ring (bicyclic) bond motifs is 1. The summed E-state index contributed by atoms with van der Waals surface area (Å²) in [5.41, 5.74) is 2.29. The molecular formula is C16H24N4O3S. The van der Waals surface area contributed by atoms with Gasteiger partial charge in [0.15, 0.2) is 0 Å². The van der Waals surface area contributed by atoms with E-state index in [0.29, 0.717) is 13.0 Å². The minimum absolute atomic E-state index is 0.444. The zero-order chi connectivity index (χ0) is 17.3. The number of aromatic nitrogens is 1. The van der Waals surface area contributed by atoms with Crippen molar-refractivity contribution in [3.63, 3.8) is 0 Å². The van der Waals surface area contributed by atoms with E-state index in [1.807, 2.05) is 12.3 Å². The van der Waals surface area contributed by atoms with Gasteiger partial charge in [-0.1, -0.05) is 6.07 Å². The molecule has 7 nitrogen and oxygen atoms in total. The average molecular weight is 352 g/mol. The Balaban J connectivity index is 1.61. The SMILES string of the molecule is CN(C)S(=O)(=O)N[C@@H]1CCN(Cc2ccc3[nH]ccc3c2)C[C@H]1O. The first-order chi connectivity index (χ1) is 11.3. The van der Waals surface area contributed by atoms with Crippen LogP contribution in [0.3, 0.4) is 0 Å². The van der Waals surface area contributed by atoms with E-state index >= 15 is 0 Å². The van der Waals surface area contributed by atoms with Gasteiger partial charge in [0, 0.05) is 45.4 Å². The fraction of sp³-hybridized carbons (Fsp3) is 0.500. The lowest BCUT2D eigenvalue weighted by molar-refractivity contribution is 0.0442. The Bertz CT molecular complexity index is 803. The highest BCUT2D eigenvalue weighted by molar-refractivity contribution is 7.87. The van der Waals surface area contributed by atoms with Crippen molar-refractivity contribution in [2.75, 3.05) is 27.2 Å². The number of aliphatic hydroxyl groups is 1. The van der Waals surface area contributed by atoms with E-state index in [1.165, 1.54) is 25.0 Å². The molecule has 1 fully saturated rings. The van der Waals surface area contributed by atoms with Crippen molar-refractivity contribution in [1.29, 1.82) is 0 Å². The summed E-state index contributed by atoms with van der Waals surface area (Å²) < 4.78 is 27.5. The fourth-order valence-electron chi connectivity index (χ4n) is 3.03. The molecule has 2 atom stereocenters. The number of benzene rings is 1. The van der Waals surface area contributed by atoms with Crippen molar-refractivity contribution in [2.24, 2.45) is 0 Å². The summed E-state index contributed by atoms with van der Waals surface area (Å²) in [6.45, 7) is 1.93. The molecule has 0 bridgehead atoms. The number of nitrogens with zero attached hydrogens (tertiary/aromatic N) is 2. The number of rotatable bonds is 5. The Morgan fingerprint density at radius 2 is 2.17 bits per heavy atom. The second-order valence-corrected chi connectivity index (χ2v) is 8.42. The highest BCUT2D eigenvalue weighted by atomic mass is 32.2. The van der Waals surface area contributed by atoms with Crippen molar-refractivity contribution >= 4 is 21.1 Å². The number of H-pyrrole nitrogens is 1.